The second-order valence-electron chi connectivity index (χ2n) is 7.66. The fraction of sp³-hybridized carbons (Fsp3) is 0.424. The number of aryl methyl sites for hydroxylation is 3. The van der Waals surface area contributed by atoms with Crippen LogP contribution in [-0.2, 0) is 6.42 Å². The van der Waals surface area contributed by atoms with Crippen LogP contribution < -0.4 is 14.2 Å². The van der Waals surface area contributed by atoms with E-state index in [0.29, 0.717) is 17.4 Å². The van der Waals surface area contributed by atoms with Crippen molar-refractivity contribution in [2.75, 3.05) is 21.3 Å². The van der Waals surface area contributed by atoms with E-state index in [2.05, 4.69) is 28.2 Å². The van der Waals surface area contributed by atoms with Crippen LogP contribution in [0.3, 0.4) is 0 Å². The minimum absolute atomic E-state index is 0.534. The van der Waals surface area contributed by atoms with Crippen molar-refractivity contribution < 1.29 is 14.2 Å². The molecule has 40 heavy (non-hydrogen) atoms. The zero-order chi connectivity index (χ0) is 30.5. The lowest BCUT2D eigenvalue weighted by molar-refractivity contribution is 0.398. The van der Waals surface area contributed by atoms with Gasteiger partial charge in [-0.15, -0.1) is 10.2 Å². The molecule has 0 amide bonds. The molecule has 0 spiro atoms. The molecule has 0 aliphatic rings. The van der Waals surface area contributed by atoms with Gasteiger partial charge in [0.1, 0.15) is 23.0 Å². The summed E-state index contributed by atoms with van der Waals surface area (Å²) < 4.78 is 17.9. The van der Waals surface area contributed by atoms with E-state index < -0.39 is 0 Å². The minimum Gasteiger partial charge on any atom is -0.496 e. The van der Waals surface area contributed by atoms with Gasteiger partial charge >= 0.3 is 0 Å². The second kappa shape index (κ2) is 21.0. The van der Waals surface area contributed by atoms with Crippen LogP contribution in [0.4, 0.5) is 0 Å². The van der Waals surface area contributed by atoms with E-state index in [0.717, 1.165) is 35.0 Å². The van der Waals surface area contributed by atoms with Crippen LogP contribution in [0.25, 0.3) is 17.2 Å². The monoisotopic (exact) mass is 550 g/mol. The fourth-order valence-electron chi connectivity index (χ4n) is 3.71. The molecule has 7 nitrogen and oxygen atoms in total. The average molecular weight is 551 g/mol. The number of rotatable bonds is 7. The van der Waals surface area contributed by atoms with E-state index in [1.807, 2.05) is 108 Å². The van der Waals surface area contributed by atoms with Gasteiger partial charge in [0.25, 0.3) is 0 Å². The minimum atomic E-state index is 0.534. The third kappa shape index (κ3) is 10.0. The van der Waals surface area contributed by atoms with E-state index >= 15 is 0 Å². The number of pyridine rings is 1. The Morgan fingerprint density at radius 3 is 1.88 bits per heavy atom. The van der Waals surface area contributed by atoms with Gasteiger partial charge in [-0.1, -0.05) is 91.3 Å². The van der Waals surface area contributed by atoms with Gasteiger partial charge in [-0.25, -0.2) is 4.98 Å². The summed E-state index contributed by atoms with van der Waals surface area (Å²) in [7, 11) is 4.96. The normalized spacial score (nSPS) is 9.20. The quantitative estimate of drug-likeness (QED) is 0.229. The molecular weight excluding hydrogens is 500 g/mol. The number of nitrogens with zero attached hydrogens (tertiary/aromatic N) is 4. The average Bonchev–Trinajstić information content (AvgIpc) is 3.41. The Labute approximate surface area is 242 Å². The maximum absolute atomic E-state index is 5.52. The van der Waals surface area contributed by atoms with Gasteiger partial charge in [0.2, 0.25) is 5.88 Å². The van der Waals surface area contributed by atoms with Gasteiger partial charge < -0.3 is 14.2 Å². The predicted molar refractivity (Wildman–Crippen MR) is 168 cm³/mol. The first-order chi connectivity index (χ1) is 19.5. The lowest BCUT2D eigenvalue weighted by Crippen LogP contribution is -2.05. The number of para-hydroxylation sites is 2. The number of hydrogen-bond acceptors (Lipinski definition) is 6. The lowest BCUT2D eigenvalue weighted by atomic mass is 10.1. The fourth-order valence-corrected chi connectivity index (χ4v) is 3.71. The maximum atomic E-state index is 5.52. The van der Waals surface area contributed by atoms with Crippen LogP contribution in [0, 0.1) is 13.8 Å². The molecule has 0 aliphatic heterocycles. The van der Waals surface area contributed by atoms with E-state index in [9.17, 15) is 0 Å². The highest BCUT2D eigenvalue weighted by molar-refractivity contribution is 5.61. The summed E-state index contributed by atoms with van der Waals surface area (Å²) in [5, 5.41) is 8.51. The number of methoxy groups -OCH3 is 3. The van der Waals surface area contributed by atoms with Crippen molar-refractivity contribution in [2.45, 2.75) is 75.2 Å². The molecule has 0 N–H and O–H groups in total. The molecule has 0 bridgehead atoms. The summed E-state index contributed by atoms with van der Waals surface area (Å²) in [6, 6.07) is 19.6. The van der Waals surface area contributed by atoms with E-state index in [-0.39, 0.29) is 0 Å². The zero-order valence-corrected chi connectivity index (χ0v) is 26.7. The molecule has 2 aromatic heterocycles. The highest BCUT2D eigenvalue weighted by Crippen LogP contribution is 2.31. The molecule has 0 saturated heterocycles. The highest BCUT2D eigenvalue weighted by atomic mass is 16.5. The summed E-state index contributed by atoms with van der Waals surface area (Å²) in [6.07, 6.45) is 2.27. The molecule has 0 radical (unpaired) electrons. The summed E-state index contributed by atoms with van der Waals surface area (Å²) in [5.74, 6) is 3.71. The molecule has 0 fully saturated rings. The van der Waals surface area contributed by atoms with Crippen molar-refractivity contribution in [3.8, 4) is 34.6 Å². The Morgan fingerprint density at radius 2 is 1.27 bits per heavy atom. The number of hydrogen-bond donors (Lipinski definition) is 0. The van der Waals surface area contributed by atoms with Gasteiger partial charge in [0.05, 0.1) is 27.0 Å². The molecule has 2 aromatic carbocycles. The van der Waals surface area contributed by atoms with Gasteiger partial charge in [-0.3, -0.25) is 4.57 Å². The topological polar surface area (TPSA) is 71.3 Å². The number of aromatic nitrogens is 4. The smallest absolute Gasteiger partial charge is 0.213 e. The molecule has 0 saturated carbocycles. The molecule has 0 atom stereocenters. The first-order valence-corrected chi connectivity index (χ1v) is 14.2. The van der Waals surface area contributed by atoms with Crippen molar-refractivity contribution in [1.82, 2.24) is 19.7 Å². The molecule has 2 heterocycles. The molecule has 0 aliphatic carbocycles. The summed E-state index contributed by atoms with van der Waals surface area (Å²) in [4.78, 5) is 4.46. The van der Waals surface area contributed by atoms with Crippen molar-refractivity contribution >= 4 is 0 Å². The Hall–Kier alpha value is -3.87. The highest BCUT2D eigenvalue weighted by Gasteiger charge is 2.19. The van der Waals surface area contributed by atoms with E-state index in [1.54, 1.807) is 27.4 Å². The van der Waals surface area contributed by atoms with Gasteiger partial charge in [-0.05, 0) is 49.6 Å². The molecule has 0 unspecified atom stereocenters. The Balaban J connectivity index is 0.000000752. The Kier molecular flexibility index (Phi) is 19.0. The molecule has 4 aromatic rings. The maximum Gasteiger partial charge on any atom is 0.213 e. The molecular formula is C33H50N4O3. The van der Waals surface area contributed by atoms with Crippen molar-refractivity contribution in [2.24, 2.45) is 0 Å². The van der Waals surface area contributed by atoms with Crippen LogP contribution in [0.1, 0.15) is 71.8 Å². The van der Waals surface area contributed by atoms with Crippen molar-refractivity contribution in [3.63, 3.8) is 0 Å². The second-order valence-corrected chi connectivity index (χ2v) is 7.66. The van der Waals surface area contributed by atoms with Crippen LogP contribution in [-0.4, -0.2) is 41.1 Å². The number of ether oxygens (including phenoxy) is 3. The first-order valence-electron chi connectivity index (χ1n) is 14.2. The lowest BCUT2D eigenvalue weighted by Gasteiger charge is -2.15. The standard InChI is InChI=1S/C17H18N4O2.C10H14O.3C2H6/c1-11-7-5-9-14(22-3)16(11)21-12(2)19-20-17(21)13-8-6-10-15(18-13)23-4;1-3-6-9-7-4-5-8-10(9)11-2;3*1-2/h5-10H,1-4H3;4-5,7-8H,3,6H2,1-2H3;3*1-2H3. The Morgan fingerprint density at radius 1 is 0.675 bits per heavy atom. The molecule has 220 valence electrons. The van der Waals surface area contributed by atoms with E-state index in [1.165, 1.54) is 12.0 Å². The van der Waals surface area contributed by atoms with Gasteiger partial charge in [0.15, 0.2) is 5.82 Å². The van der Waals surface area contributed by atoms with Crippen LogP contribution in [0.2, 0.25) is 0 Å². The third-order valence-corrected chi connectivity index (χ3v) is 5.34. The van der Waals surface area contributed by atoms with Crippen LogP contribution in [0.5, 0.6) is 17.4 Å². The summed E-state index contributed by atoms with van der Waals surface area (Å²) >= 11 is 0. The molecule has 4 rings (SSSR count). The van der Waals surface area contributed by atoms with Crippen molar-refractivity contribution in [3.05, 3.63) is 77.6 Å². The SMILES string of the molecule is CC.CC.CC.CCCc1ccccc1OC.COc1cccc(-c2nnc(C)n2-c2c(C)cccc2OC)n1. The summed E-state index contributed by atoms with van der Waals surface area (Å²) in [6.45, 7) is 18.1. The Bertz CT molecular complexity index is 1220. The molecule has 7 heteroatoms. The summed E-state index contributed by atoms with van der Waals surface area (Å²) in [5.41, 5.74) is 3.97. The predicted octanol–water partition coefficient (Wildman–Crippen LogP) is 8.69. The zero-order valence-electron chi connectivity index (χ0n) is 26.7. The van der Waals surface area contributed by atoms with Gasteiger partial charge in [-0.2, -0.15) is 0 Å². The van der Waals surface area contributed by atoms with E-state index in [4.69, 9.17) is 14.2 Å². The van der Waals surface area contributed by atoms with Crippen LogP contribution >= 0.6 is 0 Å². The first kappa shape index (κ1) is 36.1. The number of benzene rings is 2. The van der Waals surface area contributed by atoms with Gasteiger partial charge in [0, 0.05) is 6.07 Å². The van der Waals surface area contributed by atoms with Crippen molar-refractivity contribution in [1.29, 1.82) is 0 Å². The van der Waals surface area contributed by atoms with Crippen LogP contribution in [0.15, 0.2) is 60.7 Å². The largest absolute Gasteiger partial charge is 0.496 e. The third-order valence-electron chi connectivity index (χ3n) is 5.34.